The first kappa shape index (κ1) is 15.9. The number of allylic oxidation sites excluding steroid dienone is 5. The molecule has 0 spiro atoms. The van der Waals surface area contributed by atoms with Gasteiger partial charge in [0.2, 0.25) is 0 Å². The average Bonchev–Trinajstić information content (AvgIpc) is 2.35. The Balaban J connectivity index is 4.48. The van der Waals surface area contributed by atoms with E-state index < -0.39 is 0 Å². The normalized spacial score (nSPS) is 15.4. The topological polar surface area (TPSA) is 12.4 Å². The third-order valence-electron chi connectivity index (χ3n) is 3.24. The molecule has 1 heteroatoms. The molecule has 96 valence electrons. The van der Waals surface area contributed by atoms with Crippen molar-refractivity contribution in [2.45, 2.75) is 47.0 Å². The molecule has 17 heavy (non-hydrogen) atoms. The quantitative estimate of drug-likeness (QED) is 0.335. The van der Waals surface area contributed by atoms with Crippen LogP contribution >= 0.6 is 0 Å². The highest BCUT2D eigenvalue weighted by Crippen LogP contribution is 2.21. The summed E-state index contributed by atoms with van der Waals surface area (Å²) in [5.74, 6) is 0.618. The van der Waals surface area contributed by atoms with Crippen molar-refractivity contribution in [3.63, 3.8) is 0 Å². The lowest BCUT2D eigenvalue weighted by atomic mass is 9.93. The summed E-state index contributed by atoms with van der Waals surface area (Å²) in [7, 11) is 1.81. The van der Waals surface area contributed by atoms with Gasteiger partial charge in [-0.2, -0.15) is 0 Å². The van der Waals surface area contributed by atoms with Gasteiger partial charge in [0, 0.05) is 12.8 Å². The number of hydrogen-bond donors (Lipinski definition) is 0. The van der Waals surface area contributed by atoms with E-state index >= 15 is 0 Å². The van der Waals surface area contributed by atoms with Crippen molar-refractivity contribution >= 4 is 5.71 Å². The van der Waals surface area contributed by atoms with Gasteiger partial charge in [-0.05, 0) is 38.2 Å². The van der Waals surface area contributed by atoms with Crippen molar-refractivity contribution in [3.05, 3.63) is 36.0 Å². The molecule has 0 aromatic heterocycles. The molecule has 1 atom stereocenters. The maximum Gasteiger partial charge on any atom is 0.0313 e. The SMILES string of the molecule is C=C(C/C(=C\C=C/C(C)=NC)CC)C(C)CC. The van der Waals surface area contributed by atoms with E-state index in [1.54, 1.807) is 0 Å². The first-order valence-corrected chi connectivity index (χ1v) is 6.52. The zero-order valence-electron chi connectivity index (χ0n) is 12.1. The molecule has 0 rings (SSSR count). The first-order chi connectivity index (χ1) is 8.04. The van der Waals surface area contributed by atoms with Gasteiger partial charge in [0.05, 0.1) is 0 Å². The Hall–Kier alpha value is -1.11. The third-order valence-corrected chi connectivity index (χ3v) is 3.24. The summed E-state index contributed by atoms with van der Waals surface area (Å²) in [4.78, 5) is 4.10. The molecular formula is C16H27N. The Morgan fingerprint density at radius 1 is 1.35 bits per heavy atom. The van der Waals surface area contributed by atoms with Gasteiger partial charge >= 0.3 is 0 Å². The van der Waals surface area contributed by atoms with Crippen LogP contribution in [0.3, 0.4) is 0 Å². The molecule has 0 N–H and O–H groups in total. The summed E-state index contributed by atoms with van der Waals surface area (Å²) in [6, 6.07) is 0. The molecule has 0 bridgehead atoms. The minimum Gasteiger partial charge on any atom is -0.293 e. The Labute approximate surface area is 107 Å². The predicted molar refractivity (Wildman–Crippen MR) is 79.8 cm³/mol. The molecule has 1 unspecified atom stereocenters. The van der Waals surface area contributed by atoms with E-state index in [9.17, 15) is 0 Å². The first-order valence-electron chi connectivity index (χ1n) is 6.52. The highest BCUT2D eigenvalue weighted by atomic mass is 14.7. The van der Waals surface area contributed by atoms with Crippen LogP contribution in [0.25, 0.3) is 0 Å². The van der Waals surface area contributed by atoms with E-state index in [0.717, 1.165) is 18.6 Å². The van der Waals surface area contributed by atoms with Crippen molar-refractivity contribution in [1.82, 2.24) is 0 Å². The summed E-state index contributed by atoms with van der Waals surface area (Å²) < 4.78 is 0. The van der Waals surface area contributed by atoms with Crippen LogP contribution in [0.4, 0.5) is 0 Å². The minimum absolute atomic E-state index is 0.618. The molecule has 0 aliphatic rings. The van der Waals surface area contributed by atoms with Crippen LogP contribution in [0.2, 0.25) is 0 Å². The van der Waals surface area contributed by atoms with Gasteiger partial charge in [-0.15, -0.1) is 0 Å². The lowest BCUT2D eigenvalue weighted by molar-refractivity contribution is 0.637. The molecule has 0 saturated carbocycles. The second kappa shape index (κ2) is 8.98. The van der Waals surface area contributed by atoms with Crippen LogP contribution < -0.4 is 0 Å². The van der Waals surface area contributed by atoms with Gasteiger partial charge in [-0.3, -0.25) is 4.99 Å². The summed E-state index contributed by atoms with van der Waals surface area (Å²) in [6.45, 7) is 12.9. The van der Waals surface area contributed by atoms with Crippen LogP contribution in [0.15, 0.2) is 40.9 Å². The third kappa shape index (κ3) is 6.93. The number of hydrogen-bond acceptors (Lipinski definition) is 1. The Morgan fingerprint density at radius 3 is 2.47 bits per heavy atom. The summed E-state index contributed by atoms with van der Waals surface area (Å²) >= 11 is 0. The highest BCUT2D eigenvalue weighted by Gasteiger charge is 2.05. The van der Waals surface area contributed by atoms with Gasteiger partial charge in [-0.1, -0.05) is 50.6 Å². The molecule has 0 amide bonds. The number of aliphatic imine (C=N–C) groups is 1. The Kier molecular flexibility index (Phi) is 8.39. The molecule has 0 fully saturated rings. The molecule has 0 aromatic carbocycles. The van der Waals surface area contributed by atoms with E-state index in [1.807, 2.05) is 20.0 Å². The molecule has 0 saturated heterocycles. The smallest absolute Gasteiger partial charge is 0.0313 e. The molecule has 0 radical (unpaired) electrons. The van der Waals surface area contributed by atoms with Crippen molar-refractivity contribution in [3.8, 4) is 0 Å². The van der Waals surface area contributed by atoms with E-state index in [2.05, 4.69) is 44.5 Å². The van der Waals surface area contributed by atoms with Crippen LogP contribution in [0.5, 0.6) is 0 Å². The molecule has 1 nitrogen and oxygen atoms in total. The fourth-order valence-electron chi connectivity index (χ4n) is 1.45. The fraction of sp³-hybridized carbons (Fsp3) is 0.562. The van der Waals surface area contributed by atoms with Crippen molar-refractivity contribution in [1.29, 1.82) is 0 Å². The molecule has 0 aromatic rings. The van der Waals surface area contributed by atoms with Gasteiger partial charge in [0.1, 0.15) is 0 Å². The van der Waals surface area contributed by atoms with E-state index in [4.69, 9.17) is 0 Å². The van der Waals surface area contributed by atoms with Crippen LogP contribution in [0, 0.1) is 5.92 Å². The van der Waals surface area contributed by atoms with Crippen LogP contribution in [-0.4, -0.2) is 12.8 Å². The lowest BCUT2D eigenvalue weighted by Gasteiger charge is -2.13. The molecule has 0 aliphatic heterocycles. The fourth-order valence-corrected chi connectivity index (χ4v) is 1.45. The Morgan fingerprint density at radius 2 is 2.00 bits per heavy atom. The highest BCUT2D eigenvalue weighted by molar-refractivity contribution is 5.92. The van der Waals surface area contributed by atoms with Gasteiger partial charge in [-0.25, -0.2) is 0 Å². The maximum atomic E-state index is 4.18. The standard InChI is InChI=1S/C16H27N/c1-7-13(3)14(4)12-16(8-2)11-9-10-15(5)17-6/h9-11,13H,4,7-8,12H2,1-3,5-6H3/b10-9-,16-11-,17-15?. The van der Waals surface area contributed by atoms with E-state index in [0.29, 0.717) is 5.92 Å². The van der Waals surface area contributed by atoms with Crippen LogP contribution in [0.1, 0.15) is 47.0 Å². The van der Waals surface area contributed by atoms with E-state index in [-0.39, 0.29) is 0 Å². The number of rotatable bonds is 7. The molecule has 0 aliphatic carbocycles. The summed E-state index contributed by atoms with van der Waals surface area (Å²) in [5, 5.41) is 0. The monoisotopic (exact) mass is 233 g/mol. The zero-order chi connectivity index (χ0) is 13.3. The van der Waals surface area contributed by atoms with Crippen molar-refractivity contribution < 1.29 is 0 Å². The molecular weight excluding hydrogens is 206 g/mol. The van der Waals surface area contributed by atoms with E-state index in [1.165, 1.54) is 17.6 Å². The second-order valence-corrected chi connectivity index (χ2v) is 4.55. The minimum atomic E-state index is 0.618. The van der Waals surface area contributed by atoms with Crippen LogP contribution in [-0.2, 0) is 0 Å². The lowest BCUT2D eigenvalue weighted by Crippen LogP contribution is -1.97. The van der Waals surface area contributed by atoms with Crippen molar-refractivity contribution in [2.75, 3.05) is 7.05 Å². The second-order valence-electron chi connectivity index (χ2n) is 4.55. The average molecular weight is 233 g/mol. The summed E-state index contributed by atoms with van der Waals surface area (Å²) in [5.41, 5.74) is 3.84. The molecule has 0 heterocycles. The van der Waals surface area contributed by atoms with Gasteiger partial charge in [0.25, 0.3) is 0 Å². The van der Waals surface area contributed by atoms with Gasteiger partial charge in [0.15, 0.2) is 0 Å². The largest absolute Gasteiger partial charge is 0.293 e. The maximum absolute atomic E-state index is 4.18. The summed E-state index contributed by atoms with van der Waals surface area (Å²) in [6.07, 6.45) is 9.61. The van der Waals surface area contributed by atoms with Gasteiger partial charge < -0.3 is 0 Å². The van der Waals surface area contributed by atoms with Crippen molar-refractivity contribution in [2.24, 2.45) is 10.9 Å². The predicted octanol–water partition coefficient (Wildman–Crippen LogP) is 4.96. The Bertz CT molecular complexity index is 318. The zero-order valence-corrected chi connectivity index (χ0v) is 12.1. The number of nitrogens with zero attached hydrogens (tertiary/aromatic N) is 1.